The Balaban J connectivity index is 2.15. The Morgan fingerprint density at radius 2 is 2.00 bits per heavy atom. The number of anilines is 1. The van der Waals surface area contributed by atoms with Gasteiger partial charge in [-0.05, 0) is 37.3 Å². The number of fused-ring (bicyclic) bond motifs is 2. The molecule has 1 aliphatic carbocycles. The van der Waals surface area contributed by atoms with Crippen molar-refractivity contribution in [3.63, 3.8) is 0 Å². The first-order valence-corrected chi connectivity index (χ1v) is 7.17. The van der Waals surface area contributed by atoms with Crippen molar-refractivity contribution in [3.8, 4) is 5.75 Å². The van der Waals surface area contributed by atoms with Gasteiger partial charge in [-0.25, -0.2) is 0 Å². The smallest absolute Gasteiger partial charge is 0.247 e. The Kier molecular flexibility index (Phi) is 3.58. The summed E-state index contributed by atoms with van der Waals surface area (Å²) in [6.45, 7) is 2.69. The van der Waals surface area contributed by atoms with E-state index < -0.39 is 5.41 Å². The van der Waals surface area contributed by atoms with Crippen molar-refractivity contribution in [1.82, 2.24) is 0 Å². The first kappa shape index (κ1) is 14.5. The van der Waals surface area contributed by atoms with Crippen LogP contribution in [-0.2, 0) is 14.9 Å². The third kappa shape index (κ3) is 2.05. The summed E-state index contributed by atoms with van der Waals surface area (Å²) in [5.41, 5.74) is 1.19. The third-order valence-corrected chi connectivity index (χ3v) is 3.92. The maximum Gasteiger partial charge on any atom is 0.247 e. The number of methoxy groups -OCH3 is 1. The standard InChI is InChI=1S/C17H18N2O3/c1-3-22-13-4-5-15-14(10-13)17(8-6-12(18)7-9-17)16(20)19(15)11-21-2/h4-10,18H,3,11H2,1-2H3. The molecule has 0 unspecified atom stereocenters. The van der Waals surface area contributed by atoms with E-state index in [9.17, 15) is 4.79 Å². The zero-order chi connectivity index (χ0) is 15.7. The molecule has 1 N–H and O–H groups in total. The fraction of sp³-hybridized carbons (Fsp3) is 0.294. The summed E-state index contributed by atoms with van der Waals surface area (Å²) >= 11 is 0. The van der Waals surface area contributed by atoms with Gasteiger partial charge in [0, 0.05) is 12.7 Å². The van der Waals surface area contributed by atoms with Crippen molar-refractivity contribution >= 4 is 17.3 Å². The maximum atomic E-state index is 12.9. The molecule has 5 nitrogen and oxygen atoms in total. The van der Waals surface area contributed by atoms with Crippen LogP contribution < -0.4 is 9.64 Å². The maximum absolute atomic E-state index is 12.9. The van der Waals surface area contributed by atoms with Crippen LogP contribution in [0, 0.1) is 5.41 Å². The first-order valence-electron chi connectivity index (χ1n) is 7.17. The van der Waals surface area contributed by atoms with Crippen molar-refractivity contribution < 1.29 is 14.3 Å². The summed E-state index contributed by atoms with van der Waals surface area (Å²) in [5.74, 6) is 0.660. The number of allylic oxidation sites excluding steroid dienone is 2. The second-order valence-electron chi connectivity index (χ2n) is 5.25. The molecule has 1 heterocycles. The second kappa shape index (κ2) is 5.42. The van der Waals surface area contributed by atoms with E-state index in [1.807, 2.05) is 25.1 Å². The number of amides is 1. The monoisotopic (exact) mass is 298 g/mol. The molecule has 1 amide bonds. The minimum Gasteiger partial charge on any atom is -0.494 e. The van der Waals surface area contributed by atoms with Gasteiger partial charge < -0.3 is 14.9 Å². The summed E-state index contributed by atoms with van der Waals surface area (Å²) in [4.78, 5) is 14.6. The molecule has 22 heavy (non-hydrogen) atoms. The van der Waals surface area contributed by atoms with Gasteiger partial charge in [0.1, 0.15) is 17.9 Å². The average molecular weight is 298 g/mol. The van der Waals surface area contributed by atoms with Crippen LogP contribution in [0.15, 0.2) is 42.5 Å². The van der Waals surface area contributed by atoms with E-state index in [0.717, 1.165) is 17.0 Å². The lowest BCUT2D eigenvalue weighted by Gasteiger charge is -2.24. The van der Waals surface area contributed by atoms with Crippen LogP contribution >= 0.6 is 0 Å². The molecule has 0 saturated heterocycles. The Hall–Kier alpha value is -2.40. The summed E-state index contributed by atoms with van der Waals surface area (Å²) in [6, 6.07) is 5.64. The second-order valence-corrected chi connectivity index (χ2v) is 5.25. The lowest BCUT2D eigenvalue weighted by molar-refractivity contribution is -0.121. The van der Waals surface area contributed by atoms with E-state index in [2.05, 4.69) is 0 Å². The Morgan fingerprint density at radius 3 is 2.64 bits per heavy atom. The molecule has 0 radical (unpaired) electrons. The topological polar surface area (TPSA) is 62.6 Å². The van der Waals surface area contributed by atoms with Crippen LogP contribution in [0.2, 0.25) is 0 Å². The van der Waals surface area contributed by atoms with Crippen molar-refractivity contribution in [1.29, 1.82) is 5.41 Å². The predicted octanol–water partition coefficient (Wildman–Crippen LogP) is 2.42. The van der Waals surface area contributed by atoms with Gasteiger partial charge in [0.05, 0.1) is 18.0 Å². The lowest BCUT2D eigenvalue weighted by Crippen LogP contribution is -2.39. The van der Waals surface area contributed by atoms with Crippen LogP contribution in [0.1, 0.15) is 12.5 Å². The van der Waals surface area contributed by atoms with Gasteiger partial charge in [0.2, 0.25) is 5.91 Å². The van der Waals surface area contributed by atoms with Crippen LogP contribution in [0.25, 0.3) is 0 Å². The van der Waals surface area contributed by atoms with Crippen molar-refractivity contribution in [2.75, 3.05) is 25.3 Å². The highest BCUT2D eigenvalue weighted by molar-refractivity contribution is 6.14. The molecule has 1 aromatic rings. The van der Waals surface area contributed by atoms with E-state index in [1.54, 1.807) is 36.3 Å². The van der Waals surface area contributed by atoms with Gasteiger partial charge in [0.25, 0.3) is 0 Å². The van der Waals surface area contributed by atoms with Gasteiger partial charge in [0.15, 0.2) is 0 Å². The fourth-order valence-electron chi connectivity index (χ4n) is 2.92. The average Bonchev–Trinajstić information content (AvgIpc) is 2.74. The quantitative estimate of drug-likeness (QED) is 0.928. The van der Waals surface area contributed by atoms with Gasteiger partial charge in [-0.3, -0.25) is 9.69 Å². The molecule has 0 aromatic heterocycles. The zero-order valence-electron chi connectivity index (χ0n) is 12.6. The summed E-state index contributed by atoms with van der Waals surface area (Å²) < 4.78 is 10.7. The summed E-state index contributed by atoms with van der Waals surface area (Å²) in [5, 5.41) is 7.68. The number of nitrogens with zero attached hydrogens (tertiary/aromatic N) is 1. The predicted molar refractivity (Wildman–Crippen MR) is 84.7 cm³/mol. The van der Waals surface area contributed by atoms with Crippen molar-refractivity contribution in [2.24, 2.45) is 0 Å². The van der Waals surface area contributed by atoms with Gasteiger partial charge in [-0.15, -0.1) is 0 Å². The van der Waals surface area contributed by atoms with Gasteiger partial charge >= 0.3 is 0 Å². The number of carbonyl (C=O) groups excluding carboxylic acids is 1. The molecule has 0 fully saturated rings. The van der Waals surface area contributed by atoms with Crippen LogP contribution in [0.4, 0.5) is 5.69 Å². The Morgan fingerprint density at radius 1 is 1.27 bits per heavy atom. The molecule has 1 aliphatic heterocycles. The largest absolute Gasteiger partial charge is 0.494 e. The number of nitrogens with one attached hydrogen (secondary N) is 1. The molecule has 0 bridgehead atoms. The summed E-state index contributed by atoms with van der Waals surface area (Å²) in [6.07, 6.45) is 6.88. The van der Waals surface area contributed by atoms with Crippen LogP contribution in [0.3, 0.4) is 0 Å². The molecule has 0 saturated carbocycles. The van der Waals surface area contributed by atoms with E-state index in [1.165, 1.54) is 0 Å². The molecule has 2 aliphatic rings. The van der Waals surface area contributed by atoms with Gasteiger partial charge in [-0.2, -0.15) is 0 Å². The van der Waals surface area contributed by atoms with Crippen LogP contribution in [0.5, 0.6) is 5.75 Å². The number of benzene rings is 1. The van der Waals surface area contributed by atoms with E-state index >= 15 is 0 Å². The lowest BCUT2D eigenvalue weighted by atomic mass is 9.78. The third-order valence-electron chi connectivity index (χ3n) is 3.92. The molecule has 114 valence electrons. The molecule has 1 spiro atoms. The van der Waals surface area contributed by atoms with Crippen molar-refractivity contribution in [2.45, 2.75) is 12.3 Å². The number of hydrogen-bond donors (Lipinski definition) is 1. The molecule has 5 heteroatoms. The SMILES string of the molecule is CCOc1ccc2c(c1)C1(C=CC(=N)C=C1)C(=O)N2COC. The summed E-state index contributed by atoms with van der Waals surface area (Å²) in [7, 11) is 1.56. The molecular weight excluding hydrogens is 280 g/mol. The fourth-order valence-corrected chi connectivity index (χ4v) is 2.92. The van der Waals surface area contributed by atoms with E-state index in [4.69, 9.17) is 14.9 Å². The molecular formula is C17H18N2O3. The van der Waals surface area contributed by atoms with E-state index in [-0.39, 0.29) is 12.6 Å². The highest BCUT2D eigenvalue weighted by Gasteiger charge is 2.48. The highest BCUT2D eigenvalue weighted by Crippen LogP contribution is 2.46. The zero-order valence-corrected chi connectivity index (χ0v) is 12.6. The number of rotatable bonds is 4. The normalized spacial score (nSPS) is 22.5. The van der Waals surface area contributed by atoms with E-state index in [0.29, 0.717) is 12.3 Å². The van der Waals surface area contributed by atoms with Crippen LogP contribution in [-0.4, -0.2) is 32.1 Å². The highest BCUT2D eigenvalue weighted by atomic mass is 16.5. The minimum absolute atomic E-state index is 0.0713. The first-order chi connectivity index (χ1) is 10.6. The number of carbonyl (C=O) groups is 1. The number of ether oxygens (including phenoxy) is 2. The molecule has 0 atom stereocenters. The Labute approximate surface area is 129 Å². The van der Waals surface area contributed by atoms with Gasteiger partial charge in [-0.1, -0.05) is 12.2 Å². The molecule has 1 aromatic carbocycles. The minimum atomic E-state index is -0.870. The number of hydrogen-bond acceptors (Lipinski definition) is 4. The van der Waals surface area contributed by atoms with Crippen molar-refractivity contribution in [3.05, 3.63) is 48.1 Å². The molecule has 3 rings (SSSR count). The Bertz CT molecular complexity index is 675.